The maximum Gasteiger partial charge on any atom is 0.404 e. The normalized spacial score (nSPS) is 11.8. The highest BCUT2D eigenvalue weighted by Gasteiger charge is 2.38. The number of nitrogens with zero attached hydrogens (tertiary/aromatic N) is 2. The van der Waals surface area contributed by atoms with Gasteiger partial charge in [0.1, 0.15) is 5.75 Å². The molecule has 0 aliphatic heterocycles. The Bertz CT molecular complexity index is 1230. The lowest BCUT2D eigenvalue weighted by molar-refractivity contribution is -0.106. The predicted molar refractivity (Wildman–Crippen MR) is 113 cm³/mol. The van der Waals surface area contributed by atoms with Crippen molar-refractivity contribution in [1.82, 2.24) is 4.98 Å². The Morgan fingerprint density at radius 2 is 1.79 bits per heavy atom. The van der Waals surface area contributed by atoms with Crippen LogP contribution >= 0.6 is 0 Å². The molecular formula is C22H18F4N2O4S. The molecule has 3 rings (SSSR count). The first kappa shape index (κ1) is 24.2. The third-order valence-electron chi connectivity index (χ3n) is 4.42. The highest BCUT2D eigenvalue weighted by atomic mass is 32.2. The molecule has 0 bridgehead atoms. The summed E-state index contributed by atoms with van der Waals surface area (Å²) < 4.78 is 84.0. The van der Waals surface area contributed by atoms with Crippen LogP contribution < -0.4 is 9.04 Å². The minimum atomic E-state index is -4.93. The van der Waals surface area contributed by atoms with Crippen LogP contribution in [0.5, 0.6) is 11.5 Å². The van der Waals surface area contributed by atoms with E-state index in [1.54, 1.807) is 0 Å². The smallest absolute Gasteiger partial charge is 0.404 e. The van der Waals surface area contributed by atoms with Crippen LogP contribution in [0.3, 0.4) is 0 Å². The molecule has 2 aromatic carbocycles. The van der Waals surface area contributed by atoms with E-state index in [1.807, 2.05) is 0 Å². The van der Waals surface area contributed by atoms with Gasteiger partial charge in [-0.2, -0.15) is 13.2 Å². The summed E-state index contributed by atoms with van der Waals surface area (Å²) in [7, 11) is -4.77. The van der Waals surface area contributed by atoms with Crippen molar-refractivity contribution in [2.45, 2.75) is 19.6 Å². The second-order valence-electron chi connectivity index (χ2n) is 7.04. The van der Waals surface area contributed by atoms with Gasteiger partial charge < -0.3 is 4.74 Å². The van der Waals surface area contributed by atoms with Gasteiger partial charge in [0.2, 0.25) is 10.0 Å². The monoisotopic (exact) mass is 482 g/mol. The van der Waals surface area contributed by atoms with E-state index in [0.717, 1.165) is 6.07 Å². The number of alkyl halides is 3. The Labute approximate surface area is 187 Å². The third-order valence-corrected chi connectivity index (χ3v) is 6.13. The van der Waals surface area contributed by atoms with Crippen LogP contribution in [-0.2, 0) is 16.6 Å². The molecule has 33 heavy (non-hydrogen) atoms. The number of hydrogen-bond donors (Lipinski definition) is 0. The van der Waals surface area contributed by atoms with E-state index in [0.29, 0.717) is 9.87 Å². The van der Waals surface area contributed by atoms with Gasteiger partial charge in [-0.25, -0.2) is 12.8 Å². The zero-order valence-corrected chi connectivity index (χ0v) is 18.0. The number of pyridine rings is 1. The fraction of sp³-hybridized carbons (Fsp3) is 0.182. The summed E-state index contributed by atoms with van der Waals surface area (Å²) in [5.74, 6) is -3.20. The number of rotatable bonds is 8. The Morgan fingerprint density at radius 3 is 2.33 bits per heavy atom. The molecule has 0 aliphatic rings. The first-order chi connectivity index (χ1) is 15.4. The molecule has 1 aromatic heterocycles. The molecule has 3 aromatic rings. The van der Waals surface area contributed by atoms with Crippen molar-refractivity contribution in [1.29, 1.82) is 0 Å². The summed E-state index contributed by atoms with van der Waals surface area (Å²) in [6.07, 6.45) is -2.13. The van der Waals surface area contributed by atoms with Gasteiger partial charge in [0, 0.05) is 18.0 Å². The zero-order chi connectivity index (χ0) is 24.2. The van der Waals surface area contributed by atoms with Crippen molar-refractivity contribution >= 4 is 21.5 Å². The molecule has 0 radical (unpaired) electrons. The summed E-state index contributed by atoms with van der Waals surface area (Å²) in [5, 5.41) is 0. The van der Waals surface area contributed by atoms with Crippen LogP contribution in [0.2, 0.25) is 0 Å². The van der Waals surface area contributed by atoms with Crippen LogP contribution in [0.25, 0.3) is 0 Å². The van der Waals surface area contributed by atoms with Crippen molar-refractivity contribution in [3.05, 3.63) is 83.9 Å². The van der Waals surface area contributed by atoms with Crippen molar-refractivity contribution in [2.24, 2.45) is 0 Å². The lowest BCUT2D eigenvalue weighted by atomic mass is 10.1. The molecule has 0 spiro atoms. The summed E-state index contributed by atoms with van der Waals surface area (Å²) >= 11 is 0. The number of anilines is 1. The fourth-order valence-electron chi connectivity index (χ4n) is 2.90. The zero-order valence-electron chi connectivity index (χ0n) is 17.2. The molecule has 0 saturated heterocycles. The van der Waals surface area contributed by atoms with Crippen LogP contribution in [0.1, 0.15) is 22.8 Å². The molecule has 0 atom stereocenters. The van der Waals surface area contributed by atoms with Crippen molar-refractivity contribution in [3.63, 3.8) is 0 Å². The van der Waals surface area contributed by atoms with Gasteiger partial charge >= 0.3 is 6.18 Å². The van der Waals surface area contributed by atoms with Gasteiger partial charge in [0.15, 0.2) is 23.1 Å². The molecule has 0 amide bonds. The van der Waals surface area contributed by atoms with Crippen molar-refractivity contribution in [2.75, 3.05) is 10.1 Å². The van der Waals surface area contributed by atoms with Crippen LogP contribution in [-0.4, -0.2) is 31.1 Å². The molecule has 0 N–H and O–H groups in total. The summed E-state index contributed by atoms with van der Waals surface area (Å²) in [6, 6.07) is 11.8. The Balaban J connectivity index is 1.88. The van der Waals surface area contributed by atoms with Gasteiger partial charge in [0.05, 0.1) is 12.2 Å². The van der Waals surface area contributed by atoms with Gasteiger partial charge in [-0.05, 0) is 61.0 Å². The van der Waals surface area contributed by atoms with Gasteiger partial charge in [0.25, 0.3) is 0 Å². The van der Waals surface area contributed by atoms with E-state index >= 15 is 0 Å². The number of ether oxygens (including phenoxy) is 1. The average Bonchev–Trinajstić information content (AvgIpc) is 2.73. The van der Waals surface area contributed by atoms with E-state index in [1.165, 1.54) is 67.8 Å². The van der Waals surface area contributed by atoms with Crippen LogP contribution in [0, 0.1) is 5.82 Å². The Morgan fingerprint density at radius 1 is 1.09 bits per heavy atom. The fourth-order valence-corrected chi connectivity index (χ4v) is 4.26. The summed E-state index contributed by atoms with van der Waals surface area (Å²) in [6.45, 7) is 0.922. The molecular weight excluding hydrogens is 464 g/mol. The Kier molecular flexibility index (Phi) is 7.01. The molecule has 174 valence electrons. The SMILES string of the molecule is CC(=O)c1ccc(Oc2ccc(N(Cc3cccnc3)S(=O)(=O)CC(F)(F)F)cc2)c(F)c1. The minimum absolute atomic E-state index is 0.0390. The Hall–Kier alpha value is -3.47. The lowest BCUT2D eigenvalue weighted by Crippen LogP contribution is -2.37. The highest BCUT2D eigenvalue weighted by molar-refractivity contribution is 7.92. The van der Waals surface area contributed by atoms with E-state index in [2.05, 4.69) is 4.98 Å². The molecule has 0 saturated carbocycles. The van der Waals surface area contributed by atoms with Gasteiger partial charge in [-0.1, -0.05) is 6.07 Å². The quantitative estimate of drug-likeness (QED) is 0.329. The molecule has 0 aliphatic carbocycles. The van der Waals surface area contributed by atoms with E-state index in [4.69, 9.17) is 4.74 Å². The van der Waals surface area contributed by atoms with Crippen molar-refractivity contribution in [3.8, 4) is 11.5 Å². The molecule has 0 unspecified atom stereocenters. The number of Topliss-reactive ketones (excluding diaryl/α,β-unsaturated/α-hetero) is 1. The maximum absolute atomic E-state index is 14.2. The number of carbonyl (C=O) groups excluding carboxylic acids is 1. The number of sulfonamides is 1. The van der Waals surface area contributed by atoms with Crippen LogP contribution in [0.4, 0.5) is 23.2 Å². The lowest BCUT2D eigenvalue weighted by Gasteiger charge is -2.25. The van der Waals surface area contributed by atoms with E-state index in [9.17, 15) is 30.8 Å². The summed E-state index contributed by atoms with van der Waals surface area (Å²) in [4.78, 5) is 15.2. The standard InChI is InChI=1S/C22H18F4N2O4S/c1-15(29)17-4-9-21(20(23)11-17)32-19-7-5-18(6-8-19)28(13-16-3-2-10-27-12-16)33(30,31)14-22(24,25)26/h2-12H,13-14H2,1H3. The topological polar surface area (TPSA) is 76.6 Å². The number of aromatic nitrogens is 1. The second kappa shape index (κ2) is 9.57. The first-order valence-corrected chi connectivity index (χ1v) is 11.1. The molecule has 0 fully saturated rings. The van der Waals surface area contributed by atoms with E-state index < -0.39 is 27.8 Å². The number of hydrogen-bond acceptors (Lipinski definition) is 5. The van der Waals surface area contributed by atoms with Gasteiger partial charge in [-0.15, -0.1) is 0 Å². The largest absolute Gasteiger partial charge is 0.454 e. The average molecular weight is 482 g/mol. The molecule has 11 heteroatoms. The minimum Gasteiger partial charge on any atom is -0.454 e. The molecule has 1 heterocycles. The number of carbonyl (C=O) groups is 1. The van der Waals surface area contributed by atoms with E-state index in [-0.39, 0.29) is 35.1 Å². The summed E-state index contributed by atoms with van der Waals surface area (Å²) in [5.41, 5.74) is 0.509. The first-order valence-electron chi connectivity index (χ1n) is 9.49. The number of halogens is 4. The van der Waals surface area contributed by atoms with Crippen molar-refractivity contribution < 1.29 is 35.5 Å². The maximum atomic E-state index is 14.2. The third kappa shape index (κ3) is 6.51. The highest BCUT2D eigenvalue weighted by Crippen LogP contribution is 2.30. The number of benzene rings is 2. The second-order valence-corrected chi connectivity index (χ2v) is 8.93. The number of ketones is 1. The molecule has 6 nitrogen and oxygen atoms in total. The van der Waals surface area contributed by atoms with Crippen LogP contribution in [0.15, 0.2) is 67.0 Å². The van der Waals surface area contributed by atoms with Gasteiger partial charge in [-0.3, -0.25) is 14.1 Å². The predicted octanol–water partition coefficient (Wildman–Crippen LogP) is 5.11.